The van der Waals surface area contributed by atoms with Crippen LogP contribution in [-0.2, 0) is 69.4 Å². The first-order valence-electron chi connectivity index (χ1n) is 17.9. The highest BCUT2D eigenvalue weighted by atomic mass is 31.2. The molecular weight excluding hydrogens is 789 g/mol. The van der Waals surface area contributed by atoms with Crippen LogP contribution in [-0.4, -0.2) is 124 Å². The molecule has 1 fully saturated rings. The molecule has 21 nitrogen and oxygen atoms in total. The number of carbonyl (C=O) groups is 3. The zero-order chi connectivity index (χ0) is 40.8. The number of phosphoric acid groups is 3. The van der Waals surface area contributed by atoms with Gasteiger partial charge in [0.25, 0.3) is 0 Å². The van der Waals surface area contributed by atoms with Crippen LogP contribution < -0.4 is 0 Å². The minimum Gasteiger partial charge on any atom is -0.480 e. The second-order valence-corrected chi connectivity index (χ2v) is 16.5. The fourth-order valence-corrected chi connectivity index (χ4v) is 7.90. The van der Waals surface area contributed by atoms with Crippen molar-refractivity contribution in [1.29, 1.82) is 0 Å². The van der Waals surface area contributed by atoms with E-state index in [1.807, 2.05) is 20.8 Å². The smallest absolute Gasteiger partial charge is 0.473 e. The molecule has 0 aliphatic heterocycles. The predicted octanol–water partition coefficient (Wildman–Crippen LogP) is 4.66. The van der Waals surface area contributed by atoms with Crippen LogP contribution in [0.1, 0.15) is 97.8 Å². The Labute approximate surface area is 314 Å². The lowest BCUT2D eigenvalue weighted by atomic mass is 9.84. The van der Waals surface area contributed by atoms with Crippen LogP contribution in [0.4, 0.5) is 0 Å². The van der Waals surface area contributed by atoms with Gasteiger partial charge in [-0.2, -0.15) is 0 Å². The van der Waals surface area contributed by atoms with Crippen molar-refractivity contribution in [1.82, 2.24) is 0 Å². The first-order chi connectivity index (χ1) is 25.4. The highest BCUT2D eigenvalue weighted by molar-refractivity contribution is 7.48. The Bertz CT molecular complexity index is 1190. The molecule has 0 spiro atoms. The zero-order valence-corrected chi connectivity index (χ0v) is 33.5. The first-order valence-corrected chi connectivity index (χ1v) is 22.3. The zero-order valence-electron chi connectivity index (χ0n) is 30.8. The van der Waals surface area contributed by atoms with E-state index in [0.717, 1.165) is 38.5 Å². The summed E-state index contributed by atoms with van der Waals surface area (Å²) in [5, 5.41) is 27.3. The largest absolute Gasteiger partial charge is 0.480 e. The van der Waals surface area contributed by atoms with E-state index in [4.69, 9.17) is 43.1 Å². The van der Waals surface area contributed by atoms with Gasteiger partial charge < -0.3 is 44.2 Å². The van der Waals surface area contributed by atoms with Crippen molar-refractivity contribution in [2.24, 2.45) is 0 Å². The molecule has 1 saturated carbocycles. The van der Waals surface area contributed by atoms with Gasteiger partial charge in [0, 0.05) is 19.8 Å². The molecule has 0 aromatic rings. The van der Waals surface area contributed by atoms with Crippen molar-refractivity contribution >= 4 is 41.4 Å². The highest BCUT2D eigenvalue weighted by Gasteiger charge is 2.60. The van der Waals surface area contributed by atoms with E-state index >= 15 is 0 Å². The normalized spacial score (nSPS) is 25.0. The second kappa shape index (κ2) is 26.5. The minimum absolute atomic E-state index is 0.000163. The Hall–Kier alpha value is -1.38. The van der Waals surface area contributed by atoms with Gasteiger partial charge in [-0.3, -0.25) is 27.1 Å². The Morgan fingerprint density at radius 1 is 0.426 bits per heavy atom. The van der Waals surface area contributed by atoms with Crippen LogP contribution in [0.25, 0.3) is 0 Å². The molecule has 6 N–H and O–H groups in total. The van der Waals surface area contributed by atoms with Crippen molar-refractivity contribution in [3.63, 3.8) is 0 Å². The Morgan fingerprint density at radius 3 is 0.907 bits per heavy atom. The standard InChI is InChI=1S/C30H57O21P3/c1-4-7-10-13-16-43-25-26(44-17-14-11-8-5-2)28(49-52(37,38)46-19-22(31)32)30(51-54(41,42)48-21-24(35)36)29(27(25)45-18-15-12-9-6-3)50-53(39,40)47-20-23(33)34/h25-30H,4-21H2,1-3H3,(H,31,32)(H,33,34)(H,35,36)(H,37,38)(H,39,40)(H,41,42). The molecule has 54 heavy (non-hydrogen) atoms. The van der Waals surface area contributed by atoms with Gasteiger partial charge in [0.2, 0.25) is 0 Å². The fraction of sp³-hybridized carbons (Fsp3) is 0.900. The highest BCUT2D eigenvalue weighted by Crippen LogP contribution is 2.55. The lowest BCUT2D eigenvalue weighted by Crippen LogP contribution is -2.67. The van der Waals surface area contributed by atoms with Gasteiger partial charge in [0.05, 0.1) is 0 Å². The number of phosphoric ester groups is 3. The number of carboxylic acid groups (broad SMARTS) is 3. The third-order valence-corrected chi connectivity index (χ3v) is 10.6. The molecule has 1 aliphatic carbocycles. The lowest BCUT2D eigenvalue weighted by Gasteiger charge is -2.49. The molecule has 1 rings (SSSR count). The monoisotopic (exact) mass is 846 g/mol. The van der Waals surface area contributed by atoms with Gasteiger partial charge in [-0.1, -0.05) is 78.6 Å². The van der Waals surface area contributed by atoms with E-state index in [9.17, 15) is 42.8 Å². The Kier molecular flexibility index (Phi) is 24.9. The van der Waals surface area contributed by atoms with Gasteiger partial charge in [0.15, 0.2) is 19.8 Å². The number of hydrogen-bond acceptors (Lipinski definition) is 15. The molecule has 0 amide bonds. The van der Waals surface area contributed by atoms with Crippen molar-refractivity contribution in [3.8, 4) is 0 Å². The van der Waals surface area contributed by atoms with E-state index < -0.39 is 97.8 Å². The average molecular weight is 847 g/mol. The van der Waals surface area contributed by atoms with Crippen LogP contribution in [0.3, 0.4) is 0 Å². The van der Waals surface area contributed by atoms with E-state index in [0.29, 0.717) is 38.5 Å². The summed E-state index contributed by atoms with van der Waals surface area (Å²) in [5.74, 6) is -5.07. The minimum atomic E-state index is -5.58. The maximum Gasteiger partial charge on any atom is 0.473 e. The molecule has 0 bridgehead atoms. The van der Waals surface area contributed by atoms with Gasteiger partial charge in [0.1, 0.15) is 36.6 Å². The van der Waals surface area contributed by atoms with Crippen molar-refractivity contribution in [2.45, 2.75) is 134 Å². The van der Waals surface area contributed by atoms with E-state index in [2.05, 4.69) is 13.6 Å². The van der Waals surface area contributed by atoms with Crippen LogP contribution >= 0.6 is 23.5 Å². The van der Waals surface area contributed by atoms with Crippen LogP contribution in [0.2, 0.25) is 0 Å². The molecule has 0 heterocycles. The molecule has 318 valence electrons. The predicted molar refractivity (Wildman–Crippen MR) is 187 cm³/mol. The number of hydrogen-bond donors (Lipinski definition) is 6. The number of unbranched alkanes of at least 4 members (excludes halogenated alkanes) is 9. The molecule has 7 atom stereocenters. The maximum absolute atomic E-state index is 13.2. The number of rotatable bonds is 33. The topological polar surface area (TPSA) is 307 Å². The molecule has 0 aromatic heterocycles. The van der Waals surface area contributed by atoms with E-state index in [-0.39, 0.29) is 19.8 Å². The number of ether oxygens (including phenoxy) is 3. The molecule has 0 aromatic carbocycles. The van der Waals surface area contributed by atoms with Crippen molar-refractivity contribution in [3.05, 3.63) is 0 Å². The van der Waals surface area contributed by atoms with Gasteiger partial charge in [-0.05, 0) is 19.3 Å². The summed E-state index contributed by atoms with van der Waals surface area (Å²) in [6, 6.07) is 0. The second-order valence-electron chi connectivity index (χ2n) is 12.3. The van der Waals surface area contributed by atoms with Gasteiger partial charge in [-0.25, -0.2) is 28.1 Å². The van der Waals surface area contributed by atoms with E-state index in [1.165, 1.54) is 0 Å². The summed E-state index contributed by atoms with van der Waals surface area (Å²) in [4.78, 5) is 65.6. The third-order valence-electron chi connectivity index (χ3n) is 7.69. The summed E-state index contributed by atoms with van der Waals surface area (Å²) in [6.45, 7) is 1.67. The van der Waals surface area contributed by atoms with Crippen LogP contribution in [0, 0.1) is 0 Å². The average Bonchev–Trinajstić information content (AvgIpc) is 3.08. The van der Waals surface area contributed by atoms with Crippen LogP contribution in [0.5, 0.6) is 0 Å². The van der Waals surface area contributed by atoms with Gasteiger partial charge in [-0.15, -0.1) is 0 Å². The van der Waals surface area contributed by atoms with E-state index in [1.54, 1.807) is 0 Å². The van der Waals surface area contributed by atoms with Gasteiger partial charge >= 0.3 is 41.4 Å². The van der Waals surface area contributed by atoms with Crippen molar-refractivity contribution in [2.75, 3.05) is 39.6 Å². The molecule has 24 heteroatoms. The van der Waals surface area contributed by atoms with Crippen molar-refractivity contribution < 1.29 is 99.4 Å². The Balaban J connectivity index is 4.02. The number of carboxylic acids is 3. The third kappa shape index (κ3) is 21.2. The summed E-state index contributed by atoms with van der Waals surface area (Å²) >= 11 is 0. The summed E-state index contributed by atoms with van der Waals surface area (Å²) in [7, 11) is -16.6. The molecule has 7 unspecified atom stereocenters. The molecule has 0 radical (unpaired) electrons. The van der Waals surface area contributed by atoms with Crippen LogP contribution in [0.15, 0.2) is 0 Å². The summed E-state index contributed by atoms with van der Waals surface area (Å²) in [5.41, 5.74) is 0. The first kappa shape index (κ1) is 50.6. The quantitative estimate of drug-likeness (QED) is 0.0386. The summed E-state index contributed by atoms with van der Waals surface area (Å²) in [6.07, 6.45) is -2.99. The lowest BCUT2D eigenvalue weighted by molar-refractivity contribution is -0.249. The molecule has 0 saturated heterocycles. The summed E-state index contributed by atoms with van der Waals surface area (Å²) < 4.78 is 88.0. The molecular formula is C30H57O21P3. The SMILES string of the molecule is CCCCCCOC1C(OCCCCCC)C(OP(=O)(O)OCC(=O)O)C(OP(=O)(O)OCC(=O)O)C(OP(=O)(O)OCC(=O)O)C1OCCCCCC. The fourth-order valence-electron chi connectivity index (χ4n) is 5.26. The number of aliphatic carboxylic acids is 3. The maximum atomic E-state index is 13.2. The Morgan fingerprint density at radius 2 is 0.667 bits per heavy atom. The molecule has 1 aliphatic rings.